The Balaban J connectivity index is 3.06. The van der Waals surface area contributed by atoms with Crippen LogP contribution in [0.1, 0.15) is 20.8 Å². The molecular formula is C17H22FNO6. The number of anilines is 1. The number of carbonyl (C=O) groups excluding carboxylic acids is 2. The molecule has 0 amide bonds. The first-order valence-electron chi connectivity index (χ1n) is 7.80. The van der Waals surface area contributed by atoms with Gasteiger partial charge in [0.05, 0.1) is 25.0 Å². The second-order valence-corrected chi connectivity index (χ2v) is 4.94. The standard InChI is InChI=1S/C17H22FNO6/c1-4-23-16(21)13(17(22)24-5-2)9-19-14-8-12(18)6-7-15(14)25-10-11(3)20/h6-9,11,19-20H,4-5,10H2,1-3H3/t11-/m1/s1. The predicted octanol–water partition coefficient (Wildman–Crippen LogP) is 2.01. The van der Waals surface area contributed by atoms with E-state index in [-0.39, 0.29) is 36.8 Å². The van der Waals surface area contributed by atoms with Crippen molar-refractivity contribution in [2.24, 2.45) is 0 Å². The molecule has 25 heavy (non-hydrogen) atoms. The molecule has 1 atom stereocenters. The van der Waals surface area contributed by atoms with Gasteiger partial charge in [0.2, 0.25) is 0 Å². The summed E-state index contributed by atoms with van der Waals surface area (Å²) in [5.41, 5.74) is -0.193. The van der Waals surface area contributed by atoms with Crippen molar-refractivity contribution < 1.29 is 33.3 Å². The van der Waals surface area contributed by atoms with Crippen LogP contribution in [0.4, 0.5) is 10.1 Å². The maximum Gasteiger partial charge on any atom is 0.347 e. The lowest BCUT2D eigenvalue weighted by Gasteiger charge is -2.13. The molecule has 2 N–H and O–H groups in total. The Morgan fingerprint density at radius 1 is 1.24 bits per heavy atom. The van der Waals surface area contributed by atoms with E-state index in [0.717, 1.165) is 12.3 Å². The van der Waals surface area contributed by atoms with Crippen LogP contribution in [0.3, 0.4) is 0 Å². The highest BCUT2D eigenvalue weighted by molar-refractivity contribution is 6.14. The molecule has 0 saturated heterocycles. The Kier molecular flexibility index (Phi) is 8.42. The van der Waals surface area contributed by atoms with Crippen molar-refractivity contribution >= 4 is 17.6 Å². The fourth-order valence-electron chi connectivity index (χ4n) is 1.72. The number of hydrogen-bond acceptors (Lipinski definition) is 7. The van der Waals surface area contributed by atoms with Gasteiger partial charge >= 0.3 is 11.9 Å². The van der Waals surface area contributed by atoms with Crippen LogP contribution in [0.5, 0.6) is 5.75 Å². The zero-order valence-corrected chi connectivity index (χ0v) is 14.4. The van der Waals surface area contributed by atoms with Crippen molar-refractivity contribution in [1.82, 2.24) is 0 Å². The number of halogens is 1. The highest BCUT2D eigenvalue weighted by Crippen LogP contribution is 2.26. The molecule has 1 rings (SSSR count). The van der Waals surface area contributed by atoms with E-state index in [4.69, 9.17) is 14.2 Å². The molecule has 0 spiro atoms. The van der Waals surface area contributed by atoms with Gasteiger partial charge < -0.3 is 24.6 Å². The molecule has 1 aromatic rings. The van der Waals surface area contributed by atoms with Gasteiger partial charge in [0.15, 0.2) is 5.57 Å². The number of aliphatic hydroxyl groups excluding tert-OH is 1. The SMILES string of the molecule is CCOC(=O)C(=CNc1cc(F)ccc1OC[C@@H](C)O)C(=O)OCC. The van der Waals surface area contributed by atoms with Crippen molar-refractivity contribution in [3.8, 4) is 5.75 Å². The number of benzene rings is 1. The van der Waals surface area contributed by atoms with Crippen molar-refractivity contribution in [3.63, 3.8) is 0 Å². The van der Waals surface area contributed by atoms with Gasteiger partial charge in [-0.05, 0) is 32.9 Å². The number of hydrogen-bond donors (Lipinski definition) is 2. The van der Waals surface area contributed by atoms with Gasteiger partial charge in [0.25, 0.3) is 0 Å². The van der Waals surface area contributed by atoms with Crippen LogP contribution in [0.25, 0.3) is 0 Å². The quantitative estimate of drug-likeness (QED) is 0.303. The number of rotatable bonds is 9. The smallest absolute Gasteiger partial charge is 0.347 e. The van der Waals surface area contributed by atoms with Gasteiger partial charge in [-0.1, -0.05) is 0 Å². The number of ether oxygens (including phenoxy) is 3. The molecular weight excluding hydrogens is 333 g/mol. The molecule has 8 heteroatoms. The predicted molar refractivity (Wildman–Crippen MR) is 88.5 cm³/mol. The summed E-state index contributed by atoms with van der Waals surface area (Å²) in [4.78, 5) is 23.8. The molecule has 1 aromatic carbocycles. The van der Waals surface area contributed by atoms with Crippen molar-refractivity contribution in [2.45, 2.75) is 26.9 Å². The molecule has 0 fully saturated rings. The second-order valence-electron chi connectivity index (χ2n) is 4.94. The zero-order chi connectivity index (χ0) is 18.8. The van der Waals surface area contributed by atoms with E-state index in [9.17, 15) is 19.1 Å². The van der Waals surface area contributed by atoms with Gasteiger partial charge in [0, 0.05) is 12.3 Å². The monoisotopic (exact) mass is 355 g/mol. The van der Waals surface area contributed by atoms with Crippen molar-refractivity contribution in [3.05, 3.63) is 35.8 Å². The summed E-state index contributed by atoms with van der Waals surface area (Å²) < 4.78 is 28.5. The van der Waals surface area contributed by atoms with Crippen molar-refractivity contribution in [1.29, 1.82) is 0 Å². The molecule has 0 unspecified atom stereocenters. The van der Waals surface area contributed by atoms with E-state index in [1.54, 1.807) is 13.8 Å². The highest BCUT2D eigenvalue weighted by atomic mass is 19.1. The van der Waals surface area contributed by atoms with Crippen LogP contribution in [-0.4, -0.2) is 43.0 Å². The summed E-state index contributed by atoms with van der Waals surface area (Å²) in [5, 5.41) is 11.9. The summed E-state index contributed by atoms with van der Waals surface area (Å²) in [6.07, 6.45) is 0.350. The van der Waals surface area contributed by atoms with Crippen LogP contribution in [-0.2, 0) is 19.1 Å². The van der Waals surface area contributed by atoms with E-state index in [1.807, 2.05) is 0 Å². The summed E-state index contributed by atoms with van der Waals surface area (Å²) in [6.45, 7) is 4.89. The Labute approximate surface area is 145 Å². The van der Waals surface area contributed by atoms with Crippen LogP contribution in [0, 0.1) is 5.82 Å². The molecule has 0 aliphatic rings. The third-order valence-corrected chi connectivity index (χ3v) is 2.78. The van der Waals surface area contributed by atoms with Crippen LogP contribution < -0.4 is 10.1 Å². The Morgan fingerprint density at radius 3 is 2.36 bits per heavy atom. The van der Waals surface area contributed by atoms with E-state index in [2.05, 4.69) is 5.32 Å². The van der Waals surface area contributed by atoms with E-state index in [1.165, 1.54) is 19.1 Å². The van der Waals surface area contributed by atoms with E-state index in [0.29, 0.717) is 0 Å². The largest absolute Gasteiger partial charge is 0.489 e. The number of aliphatic hydroxyl groups is 1. The fraction of sp³-hybridized carbons (Fsp3) is 0.412. The molecule has 0 saturated carbocycles. The van der Waals surface area contributed by atoms with Crippen LogP contribution in [0.15, 0.2) is 30.0 Å². The molecule has 0 bridgehead atoms. The van der Waals surface area contributed by atoms with Gasteiger partial charge in [-0.25, -0.2) is 14.0 Å². The Bertz CT molecular complexity index is 610. The third-order valence-electron chi connectivity index (χ3n) is 2.78. The maximum atomic E-state index is 13.5. The van der Waals surface area contributed by atoms with Gasteiger partial charge in [-0.15, -0.1) is 0 Å². The minimum absolute atomic E-state index is 0.00730. The molecule has 7 nitrogen and oxygen atoms in total. The lowest BCUT2D eigenvalue weighted by molar-refractivity contribution is -0.146. The summed E-state index contributed by atoms with van der Waals surface area (Å²) >= 11 is 0. The Morgan fingerprint density at radius 2 is 1.84 bits per heavy atom. The molecule has 138 valence electrons. The van der Waals surface area contributed by atoms with Crippen LogP contribution >= 0.6 is 0 Å². The van der Waals surface area contributed by atoms with Crippen molar-refractivity contribution in [2.75, 3.05) is 25.1 Å². The van der Waals surface area contributed by atoms with Gasteiger partial charge in [0.1, 0.15) is 18.2 Å². The van der Waals surface area contributed by atoms with Gasteiger partial charge in [-0.2, -0.15) is 0 Å². The number of esters is 2. The summed E-state index contributed by atoms with van der Waals surface area (Å²) in [6, 6.07) is 3.67. The second kappa shape index (κ2) is 10.3. The molecule has 0 aliphatic heterocycles. The minimum atomic E-state index is -0.865. The fourth-order valence-corrected chi connectivity index (χ4v) is 1.72. The molecule has 0 aliphatic carbocycles. The normalized spacial score (nSPS) is 11.2. The molecule has 0 aromatic heterocycles. The minimum Gasteiger partial charge on any atom is -0.489 e. The lowest BCUT2D eigenvalue weighted by Crippen LogP contribution is -2.19. The Hall–Kier alpha value is -2.61. The maximum absolute atomic E-state index is 13.5. The first-order valence-corrected chi connectivity index (χ1v) is 7.80. The molecule has 0 heterocycles. The highest BCUT2D eigenvalue weighted by Gasteiger charge is 2.21. The summed E-state index contributed by atoms with van der Waals surface area (Å²) in [7, 11) is 0. The average Bonchev–Trinajstić information content (AvgIpc) is 2.54. The number of nitrogens with one attached hydrogen (secondary N) is 1. The van der Waals surface area contributed by atoms with Crippen LogP contribution in [0.2, 0.25) is 0 Å². The lowest BCUT2D eigenvalue weighted by atomic mass is 10.2. The zero-order valence-electron chi connectivity index (χ0n) is 14.4. The number of carbonyl (C=O) groups is 2. The molecule has 0 radical (unpaired) electrons. The van der Waals surface area contributed by atoms with Gasteiger partial charge in [-0.3, -0.25) is 0 Å². The summed E-state index contributed by atoms with van der Waals surface area (Å²) in [5.74, 6) is -2.03. The third kappa shape index (κ3) is 6.80. The topological polar surface area (TPSA) is 94.1 Å². The average molecular weight is 355 g/mol. The van der Waals surface area contributed by atoms with E-state index < -0.39 is 23.9 Å². The first-order chi connectivity index (χ1) is 11.9. The first kappa shape index (κ1) is 20.4. The van der Waals surface area contributed by atoms with E-state index >= 15 is 0 Å².